The monoisotopic (exact) mass is 494 g/mol. The van der Waals surface area contributed by atoms with Crippen molar-refractivity contribution in [1.82, 2.24) is 9.80 Å². The molecule has 188 valence electrons. The largest absolute Gasteiger partial charge is 0.490 e. The molecule has 0 aliphatic carbocycles. The fraction of sp³-hybridized carbons (Fsp3) is 0.286. The van der Waals surface area contributed by atoms with Crippen LogP contribution in [-0.2, 0) is 16.1 Å². The molecular weight excluding hydrogens is 466 g/mol. The van der Waals surface area contributed by atoms with Crippen molar-refractivity contribution in [3.05, 3.63) is 102 Å². The van der Waals surface area contributed by atoms with E-state index in [2.05, 4.69) is 0 Å². The lowest BCUT2D eigenvalue weighted by atomic mass is 9.96. The first-order chi connectivity index (χ1) is 17.3. The van der Waals surface area contributed by atoms with Crippen LogP contribution < -0.4 is 4.74 Å². The smallest absolute Gasteiger partial charge is 0.254 e. The third-order valence-corrected chi connectivity index (χ3v) is 6.08. The standard InChI is InChI=1S/C28H28F2N2O4/c1-31(18-21-6-3-2-4-7-21)26(33)17-28(20-35-25-12-10-23(29)11-13-25)19-32(14-15-36-28)27(34)22-8-5-9-24(30)16-22/h2-13,16H,14-15,17-20H2,1H3/t28-/m1/s1. The van der Waals surface area contributed by atoms with E-state index in [-0.39, 0.29) is 43.6 Å². The van der Waals surface area contributed by atoms with Gasteiger partial charge in [0, 0.05) is 25.7 Å². The predicted molar refractivity (Wildman–Crippen MR) is 130 cm³/mol. The molecule has 0 spiro atoms. The maximum atomic E-state index is 13.7. The van der Waals surface area contributed by atoms with Crippen LogP contribution >= 0.6 is 0 Å². The summed E-state index contributed by atoms with van der Waals surface area (Å²) in [4.78, 5) is 29.5. The summed E-state index contributed by atoms with van der Waals surface area (Å²) in [7, 11) is 1.71. The van der Waals surface area contributed by atoms with Crippen molar-refractivity contribution in [1.29, 1.82) is 0 Å². The van der Waals surface area contributed by atoms with Crippen molar-refractivity contribution in [2.45, 2.75) is 18.6 Å². The first-order valence-electron chi connectivity index (χ1n) is 11.7. The molecule has 1 saturated heterocycles. The van der Waals surface area contributed by atoms with Crippen LogP contribution in [0.5, 0.6) is 5.75 Å². The van der Waals surface area contributed by atoms with E-state index < -0.39 is 17.2 Å². The second-order valence-corrected chi connectivity index (χ2v) is 8.92. The normalized spacial score (nSPS) is 17.5. The molecule has 3 aromatic rings. The number of hydrogen-bond acceptors (Lipinski definition) is 4. The molecule has 36 heavy (non-hydrogen) atoms. The SMILES string of the molecule is CN(Cc1ccccc1)C(=O)C[C@]1(COc2ccc(F)cc2)CN(C(=O)c2cccc(F)c2)CCO1. The highest BCUT2D eigenvalue weighted by molar-refractivity contribution is 5.94. The van der Waals surface area contributed by atoms with Gasteiger partial charge in [-0.05, 0) is 48.0 Å². The van der Waals surface area contributed by atoms with Crippen LogP contribution in [0.1, 0.15) is 22.3 Å². The van der Waals surface area contributed by atoms with E-state index in [0.29, 0.717) is 18.8 Å². The Balaban J connectivity index is 1.53. The molecule has 6 nitrogen and oxygen atoms in total. The number of benzene rings is 3. The average Bonchev–Trinajstić information content (AvgIpc) is 2.88. The van der Waals surface area contributed by atoms with E-state index in [1.165, 1.54) is 42.5 Å². The summed E-state index contributed by atoms with van der Waals surface area (Å²) in [6.07, 6.45) is -0.0372. The summed E-state index contributed by atoms with van der Waals surface area (Å²) >= 11 is 0. The molecule has 8 heteroatoms. The van der Waals surface area contributed by atoms with Crippen molar-refractivity contribution in [3.63, 3.8) is 0 Å². The third-order valence-electron chi connectivity index (χ3n) is 6.08. The maximum absolute atomic E-state index is 13.7. The molecule has 0 aromatic heterocycles. The molecule has 0 radical (unpaired) electrons. The van der Waals surface area contributed by atoms with Crippen molar-refractivity contribution in [2.75, 3.05) is 33.4 Å². The van der Waals surface area contributed by atoms with Gasteiger partial charge in [-0.15, -0.1) is 0 Å². The number of carbonyl (C=O) groups excluding carboxylic acids is 2. The zero-order chi connectivity index (χ0) is 25.5. The second kappa shape index (κ2) is 11.3. The summed E-state index contributed by atoms with van der Waals surface area (Å²) in [5.41, 5.74) is 0.0627. The number of carbonyl (C=O) groups is 2. The minimum absolute atomic E-state index is 0.0313. The van der Waals surface area contributed by atoms with Crippen molar-refractivity contribution < 1.29 is 27.8 Å². The van der Waals surface area contributed by atoms with E-state index in [9.17, 15) is 18.4 Å². The van der Waals surface area contributed by atoms with Crippen LogP contribution in [0.15, 0.2) is 78.9 Å². The van der Waals surface area contributed by atoms with E-state index in [1.807, 2.05) is 30.3 Å². The van der Waals surface area contributed by atoms with E-state index in [4.69, 9.17) is 9.47 Å². The topological polar surface area (TPSA) is 59.1 Å². The fourth-order valence-electron chi connectivity index (χ4n) is 4.17. The van der Waals surface area contributed by atoms with Gasteiger partial charge >= 0.3 is 0 Å². The Morgan fingerprint density at radius 1 is 1.00 bits per heavy atom. The van der Waals surface area contributed by atoms with Gasteiger partial charge in [-0.3, -0.25) is 9.59 Å². The molecule has 0 saturated carbocycles. The molecule has 1 aliphatic heterocycles. The van der Waals surface area contributed by atoms with Gasteiger partial charge in [0.25, 0.3) is 5.91 Å². The molecule has 4 rings (SSSR count). The second-order valence-electron chi connectivity index (χ2n) is 8.92. The first kappa shape index (κ1) is 25.3. The zero-order valence-corrected chi connectivity index (χ0v) is 20.0. The predicted octanol–water partition coefficient (Wildman–Crippen LogP) is 4.30. The highest BCUT2D eigenvalue weighted by atomic mass is 19.1. The van der Waals surface area contributed by atoms with E-state index in [0.717, 1.165) is 5.56 Å². The molecule has 2 amide bonds. The van der Waals surface area contributed by atoms with Gasteiger partial charge in [-0.1, -0.05) is 36.4 Å². The Labute approximate surface area is 209 Å². The van der Waals surface area contributed by atoms with Crippen molar-refractivity contribution in [2.24, 2.45) is 0 Å². The Hall–Kier alpha value is -3.78. The number of nitrogens with zero attached hydrogens (tertiary/aromatic N) is 2. The molecule has 1 atom stereocenters. The zero-order valence-electron chi connectivity index (χ0n) is 20.0. The average molecular weight is 495 g/mol. The van der Waals surface area contributed by atoms with Gasteiger partial charge in [0.2, 0.25) is 5.91 Å². The van der Waals surface area contributed by atoms with Gasteiger partial charge in [0.15, 0.2) is 0 Å². The molecule has 1 fully saturated rings. The number of rotatable bonds is 8. The number of morpholine rings is 1. The quantitative estimate of drug-likeness (QED) is 0.469. The molecule has 3 aromatic carbocycles. The van der Waals surface area contributed by atoms with Crippen LogP contribution in [0.25, 0.3) is 0 Å². The lowest BCUT2D eigenvalue weighted by Crippen LogP contribution is -2.58. The molecule has 1 heterocycles. The van der Waals surface area contributed by atoms with Crippen LogP contribution in [0.3, 0.4) is 0 Å². The van der Waals surface area contributed by atoms with E-state index in [1.54, 1.807) is 22.9 Å². The summed E-state index contributed by atoms with van der Waals surface area (Å²) < 4.78 is 39.1. The number of ether oxygens (including phenoxy) is 2. The summed E-state index contributed by atoms with van der Waals surface area (Å²) in [6, 6.07) is 20.6. The van der Waals surface area contributed by atoms with Crippen molar-refractivity contribution >= 4 is 11.8 Å². The van der Waals surface area contributed by atoms with Crippen LogP contribution in [0.4, 0.5) is 8.78 Å². The third kappa shape index (κ3) is 6.46. The number of hydrogen-bond donors (Lipinski definition) is 0. The first-order valence-corrected chi connectivity index (χ1v) is 11.7. The molecule has 0 unspecified atom stereocenters. The fourth-order valence-corrected chi connectivity index (χ4v) is 4.17. The molecule has 0 bridgehead atoms. The number of halogens is 2. The Kier molecular flexibility index (Phi) is 7.95. The number of amides is 2. The van der Waals surface area contributed by atoms with Gasteiger partial charge < -0.3 is 19.3 Å². The van der Waals surface area contributed by atoms with Crippen LogP contribution in [0, 0.1) is 11.6 Å². The lowest BCUT2D eigenvalue weighted by molar-refractivity contribution is -0.152. The highest BCUT2D eigenvalue weighted by Crippen LogP contribution is 2.27. The summed E-state index contributed by atoms with van der Waals surface area (Å²) in [5, 5.41) is 0. The van der Waals surface area contributed by atoms with Crippen LogP contribution in [-0.4, -0.2) is 60.6 Å². The van der Waals surface area contributed by atoms with Gasteiger partial charge in [0.1, 0.15) is 29.6 Å². The van der Waals surface area contributed by atoms with Gasteiger partial charge in [0.05, 0.1) is 19.6 Å². The maximum Gasteiger partial charge on any atom is 0.254 e. The minimum Gasteiger partial charge on any atom is -0.490 e. The van der Waals surface area contributed by atoms with E-state index >= 15 is 0 Å². The van der Waals surface area contributed by atoms with Gasteiger partial charge in [-0.25, -0.2) is 8.78 Å². The summed E-state index contributed by atoms with van der Waals surface area (Å²) in [6.45, 7) is 0.941. The Morgan fingerprint density at radius 2 is 1.75 bits per heavy atom. The highest BCUT2D eigenvalue weighted by Gasteiger charge is 2.42. The molecular formula is C28H28F2N2O4. The molecule has 1 aliphatic rings. The van der Waals surface area contributed by atoms with Crippen molar-refractivity contribution in [3.8, 4) is 5.75 Å². The minimum atomic E-state index is -1.14. The Morgan fingerprint density at radius 3 is 2.47 bits per heavy atom. The lowest BCUT2D eigenvalue weighted by Gasteiger charge is -2.42. The Bertz CT molecular complexity index is 1190. The summed E-state index contributed by atoms with van der Waals surface area (Å²) in [5.74, 6) is -1.01. The molecule has 0 N–H and O–H groups in total. The van der Waals surface area contributed by atoms with Gasteiger partial charge in [-0.2, -0.15) is 0 Å². The van der Waals surface area contributed by atoms with Crippen LogP contribution in [0.2, 0.25) is 0 Å².